The average Bonchev–Trinajstić information content (AvgIpc) is 2.52. The quantitative estimate of drug-likeness (QED) is 0.538. The maximum absolute atomic E-state index is 9.14. The molecule has 1 nitrogen and oxygen atoms in total. The molecule has 0 heterocycles. The lowest BCUT2D eigenvalue weighted by Crippen LogP contribution is -2.26. The van der Waals surface area contributed by atoms with Crippen molar-refractivity contribution in [2.75, 3.05) is 0 Å². The van der Waals surface area contributed by atoms with Crippen LogP contribution in [0.4, 0.5) is 0 Å². The summed E-state index contributed by atoms with van der Waals surface area (Å²) >= 11 is 0. The van der Waals surface area contributed by atoms with Gasteiger partial charge < -0.3 is 0 Å². The topological polar surface area (TPSA) is 23.8 Å². The third kappa shape index (κ3) is 4.80. The van der Waals surface area contributed by atoms with E-state index in [0.29, 0.717) is 5.92 Å². The van der Waals surface area contributed by atoms with Crippen LogP contribution in [0.1, 0.15) is 90.4 Å². The minimum Gasteiger partial charge on any atom is -0.198 e. The molecule has 2 aliphatic carbocycles. The van der Waals surface area contributed by atoms with Gasteiger partial charge in [-0.15, -0.1) is 0 Å². The number of hydrogen-bond donors (Lipinski definition) is 0. The van der Waals surface area contributed by atoms with Crippen LogP contribution in [0.3, 0.4) is 0 Å². The van der Waals surface area contributed by atoms with Gasteiger partial charge in [0.25, 0.3) is 0 Å². The van der Waals surface area contributed by atoms with Gasteiger partial charge in [-0.1, -0.05) is 64.7 Å². The van der Waals surface area contributed by atoms with Crippen LogP contribution in [-0.4, -0.2) is 0 Å². The van der Waals surface area contributed by atoms with E-state index in [9.17, 15) is 0 Å². The molecule has 2 unspecified atom stereocenters. The van der Waals surface area contributed by atoms with Crippen molar-refractivity contribution in [1.29, 1.82) is 5.26 Å². The van der Waals surface area contributed by atoms with Crippen molar-refractivity contribution in [2.24, 2.45) is 23.7 Å². The first-order chi connectivity index (χ1) is 9.83. The van der Waals surface area contributed by atoms with E-state index in [0.717, 1.165) is 17.8 Å². The highest BCUT2D eigenvalue weighted by molar-refractivity contribution is 4.90. The zero-order valence-electron chi connectivity index (χ0n) is 13.4. The number of unbranched alkanes of at least 4 members (excludes halogenated alkanes) is 3. The van der Waals surface area contributed by atoms with Crippen LogP contribution < -0.4 is 0 Å². The van der Waals surface area contributed by atoms with Crippen LogP contribution in [0.2, 0.25) is 0 Å². The minimum absolute atomic E-state index is 0.375. The van der Waals surface area contributed by atoms with E-state index < -0.39 is 0 Å². The first-order valence-electron chi connectivity index (χ1n) is 9.23. The molecule has 0 amide bonds. The van der Waals surface area contributed by atoms with Gasteiger partial charge in [-0.05, 0) is 43.4 Å². The van der Waals surface area contributed by atoms with Gasteiger partial charge in [0.1, 0.15) is 0 Å². The lowest BCUT2D eigenvalue weighted by Gasteiger charge is -2.37. The standard InChI is InChI=1S/C19H33N/c1-2-3-4-5-7-16-10-12-18(13-11-16)19-9-6-8-17(14-19)15-20/h16-19H,2-14H2,1H3/t16-,17?,18-,19?. The van der Waals surface area contributed by atoms with Gasteiger partial charge >= 0.3 is 0 Å². The van der Waals surface area contributed by atoms with E-state index in [1.165, 1.54) is 83.5 Å². The average molecular weight is 275 g/mol. The van der Waals surface area contributed by atoms with Crippen molar-refractivity contribution in [1.82, 2.24) is 0 Å². The Morgan fingerprint density at radius 3 is 2.40 bits per heavy atom. The Hall–Kier alpha value is -0.510. The third-order valence-corrected chi connectivity index (χ3v) is 5.92. The van der Waals surface area contributed by atoms with E-state index in [-0.39, 0.29) is 0 Å². The predicted octanol–water partition coefficient (Wildman–Crippen LogP) is 6.09. The molecule has 114 valence electrons. The summed E-state index contributed by atoms with van der Waals surface area (Å²) in [5, 5.41) is 9.14. The normalized spacial score (nSPS) is 34.6. The molecule has 0 N–H and O–H groups in total. The summed E-state index contributed by atoms with van der Waals surface area (Å²) in [6.45, 7) is 2.30. The maximum atomic E-state index is 9.14. The van der Waals surface area contributed by atoms with E-state index in [4.69, 9.17) is 5.26 Å². The summed E-state index contributed by atoms with van der Waals surface area (Å²) in [5.74, 6) is 3.24. The molecular weight excluding hydrogens is 242 g/mol. The Morgan fingerprint density at radius 1 is 0.900 bits per heavy atom. The smallest absolute Gasteiger partial charge is 0.0655 e. The minimum atomic E-state index is 0.375. The van der Waals surface area contributed by atoms with E-state index in [1.807, 2.05) is 0 Å². The van der Waals surface area contributed by atoms with Gasteiger partial charge in [0.2, 0.25) is 0 Å². The lowest BCUT2D eigenvalue weighted by molar-refractivity contribution is 0.149. The Morgan fingerprint density at radius 2 is 1.70 bits per heavy atom. The maximum Gasteiger partial charge on any atom is 0.0655 e. The molecule has 0 radical (unpaired) electrons. The number of nitrogens with zero attached hydrogens (tertiary/aromatic N) is 1. The Labute approximate surface area is 126 Å². The van der Waals surface area contributed by atoms with Crippen molar-refractivity contribution >= 4 is 0 Å². The van der Waals surface area contributed by atoms with Crippen LogP contribution >= 0.6 is 0 Å². The lowest BCUT2D eigenvalue weighted by atomic mass is 9.68. The summed E-state index contributed by atoms with van der Waals surface area (Å²) in [4.78, 5) is 0. The molecule has 20 heavy (non-hydrogen) atoms. The van der Waals surface area contributed by atoms with Crippen LogP contribution in [0, 0.1) is 35.0 Å². The fourth-order valence-corrected chi connectivity index (χ4v) is 4.58. The molecule has 2 aliphatic rings. The van der Waals surface area contributed by atoms with Gasteiger partial charge in [-0.2, -0.15) is 5.26 Å². The Balaban J connectivity index is 1.65. The molecule has 2 saturated carbocycles. The Kier molecular flexibility index (Phi) is 6.91. The van der Waals surface area contributed by atoms with Crippen molar-refractivity contribution in [3.8, 4) is 6.07 Å². The molecular formula is C19H33N. The number of nitriles is 1. The second kappa shape index (κ2) is 8.71. The van der Waals surface area contributed by atoms with Gasteiger partial charge in [0, 0.05) is 5.92 Å². The van der Waals surface area contributed by atoms with E-state index in [1.54, 1.807) is 0 Å². The molecule has 1 heteroatoms. The molecule has 2 fully saturated rings. The highest BCUT2D eigenvalue weighted by Crippen LogP contribution is 2.42. The second-order valence-electron chi connectivity index (χ2n) is 7.38. The first kappa shape index (κ1) is 15.9. The van der Waals surface area contributed by atoms with Crippen LogP contribution in [-0.2, 0) is 0 Å². The number of hydrogen-bond acceptors (Lipinski definition) is 1. The van der Waals surface area contributed by atoms with E-state index >= 15 is 0 Å². The summed E-state index contributed by atoms with van der Waals surface area (Å²) in [6.07, 6.45) is 18.1. The summed E-state index contributed by atoms with van der Waals surface area (Å²) in [5.41, 5.74) is 0. The SMILES string of the molecule is CCCCCC[C@H]1CC[C@H](C2CCCC(C#N)C2)CC1. The van der Waals surface area contributed by atoms with Crippen molar-refractivity contribution in [3.63, 3.8) is 0 Å². The number of rotatable bonds is 6. The molecule has 0 bridgehead atoms. The predicted molar refractivity (Wildman–Crippen MR) is 85.3 cm³/mol. The molecule has 0 aliphatic heterocycles. The molecule has 0 saturated heterocycles. The van der Waals surface area contributed by atoms with Gasteiger partial charge in [-0.3, -0.25) is 0 Å². The summed E-state index contributed by atoms with van der Waals surface area (Å²) in [7, 11) is 0. The highest BCUT2D eigenvalue weighted by Gasteiger charge is 2.31. The van der Waals surface area contributed by atoms with Gasteiger partial charge in [-0.25, -0.2) is 0 Å². The zero-order chi connectivity index (χ0) is 14.2. The molecule has 2 rings (SSSR count). The third-order valence-electron chi connectivity index (χ3n) is 5.92. The zero-order valence-corrected chi connectivity index (χ0v) is 13.4. The van der Waals surface area contributed by atoms with Crippen molar-refractivity contribution in [2.45, 2.75) is 90.4 Å². The van der Waals surface area contributed by atoms with Crippen LogP contribution in [0.5, 0.6) is 0 Å². The van der Waals surface area contributed by atoms with E-state index in [2.05, 4.69) is 13.0 Å². The van der Waals surface area contributed by atoms with Crippen LogP contribution in [0.15, 0.2) is 0 Å². The monoisotopic (exact) mass is 275 g/mol. The fraction of sp³-hybridized carbons (Fsp3) is 0.947. The molecule has 2 atom stereocenters. The van der Waals surface area contributed by atoms with Gasteiger partial charge in [0.05, 0.1) is 6.07 Å². The first-order valence-corrected chi connectivity index (χ1v) is 9.23. The largest absolute Gasteiger partial charge is 0.198 e. The summed E-state index contributed by atoms with van der Waals surface area (Å²) < 4.78 is 0. The van der Waals surface area contributed by atoms with Crippen LogP contribution in [0.25, 0.3) is 0 Å². The fourth-order valence-electron chi connectivity index (χ4n) is 4.58. The Bertz CT molecular complexity index is 295. The molecule has 0 aromatic rings. The highest BCUT2D eigenvalue weighted by atomic mass is 14.4. The van der Waals surface area contributed by atoms with Crippen molar-refractivity contribution < 1.29 is 0 Å². The summed E-state index contributed by atoms with van der Waals surface area (Å²) in [6, 6.07) is 2.52. The molecule has 0 aromatic heterocycles. The second-order valence-corrected chi connectivity index (χ2v) is 7.38. The van der Waals surface area contributed by atoms with Crippen molar-refractivity contribution in [3.05, 3.63) is 0 Å². The van der Waals surface area contributed by atoms with Gasteiger partial charge in [0.15, 0.2) is 0 Å². The molecule has 0 aromatic carbocycles. The molecule has 0 spiro atoms.